The van der Waals surface area contributed by atoms with Gasteiger partial charge in [-0.2, -0.15) is 0 Å². The third kappa shape index (κ3) is 3.58. The topological polar surface area (TPSA) is 48.4 Å². The van der Waals surface area contributed by atoms with Crippen molar-refractivity contribution in [2.24, 2.45) is 5.73 Å². The molecule has 0 saturated heterocycles. The van der Waals surface area contributed by atoms with Crippen LogP contribution in [0.2, 0.25) is 0 Å². The molecule has 3 nitrogen and oxygen atoms in total. The molecule has 0 aliphatic carbocycles. The fourth-order valence-electron chi connectivity index (χ4n) is 2.04. The molecule has 0 aliphatic heterocycles. The van der Waals surface area contributed by atoms with Crippen molar-refractivity contribution >= 4 is 0 Å². The van der Waals surface area contributed by atoms with Gasteiger partial charge in [0.05, 0.1) is 13.4 Å². The van der Waals surface area contributed by atoms with Gasteiger partial charge >= 0.3 is 0 Å². The molecule has 0 saturated carbocycles. The van der Waals surface area contributed by atoms with E-state index in [0.717, 1.165) is 18.6 Å². The molecular formula is C15H18FNO2. The van der Waals surface area contributed by atoms with Gasteiger partial charge in [-0.3, -0.25) is 0 Å². The van der Waals surface area contributed by atoms with Gasteiger partial charge in [0.2, 0.25) is 0 Å². The first-order valence-electron chi connectivity index (χ1n) is 6.30. The fourth-order valence-corrected chi connectivity index (χ4v) is 2.04. The van der Waals surface area contributed by atoms with Crippen LogP contribution in [0, 0.1) is 5.82 Å². The highest BCUT2D eigenvalue weighted by Gasteiger charge is 2.12. The molecule has 1 aromatic heterocycles. The molecule has 0 aliphatic rings. The number of furan rings is 1. The number of methoxy groups -OCH3 is 1. The summed E-state index contributed by atoms with van der Waals surface area (Å²) in [5, 5.41) is 0. The van der Waals surface area contributed by atoms with Gasteiger partial charge in [-0.1, -0.05) is 12.1 Å². The largest absolute Gasteiger partial charge is 0.494 e. The highest BCUT2D eigenvalue weighted by molar-refractivity contribution is 5.31. The first kappa shape index (κ1) is 13.6. The van der Waals surface area contributed by atoms with Crippen molar-refractivity contribution in [3.63, 3.8) is 0 Å². The zero-order valence-electron chi connectivity index (χ0n) is 10.9. The number of benzene rings is 1. The second kappa shape index (κ2) is 6.38. The summed E-state index contributed by atoms with van der Waals surface area (Å²) >= 11 is 0. The monoisotopic (exact) mass is 263 g/mol. The van der Waals surface area contributed by atoms with Crippen molar-refractivity contribution in [2.45, 2.75) is 25.3 Å². The lowest BCUT2D eigenvalue weighted by molar-refractivity contribution is 0.383. The van der Waals surface area contributed by atoms with Crippen molar-refractivity contribution < 1.29 is 13.5 Å². The van der Waals surface area contributed by atoms with E-state index >= 15 is 0 Å². The highest BCUT2D eigenvalue weighted by atomic mass is 19.1. The molecule has 0 fully saturated rings. The molecule has 1 aromatic carbocycles. The van der Waals surface area contributed by atoms with Crippen molar-refractivity contribution in [1.29, 1.82) is 0 Å². The Hall–Kier alpha value is -1.81. The molecule has 0 radical (unpaired) electrons. The fraction of sp³-hybridized carbons (Fsp3) is 0.333. The third-order valence-electron chi connectivity index (χ3n) is 3.09. The molecule has 4 heteroatoms. The Morgan fingerprint density at radius 2 is 2.16 bits per heavy atom. The second-order valence-corrected chi connectivity index (χ2v) is 4.52. The SMILES string of the molecule is COc1cccc(CC(N)CCc2ccco2)c1F. The van der Waals surface area contributed by atoms with E-state index in [1.807, 2.05) is 12.1 Å². The number of hydrogen-bond donors (Lipinski definition) is 1. The van der Waals surface area contributed by atoms with Crippen LogP contribution in [0.4, 0.5) is 4.39 Å². The first-order valence-corrected chi connectivity index (χ1v) is 6.30. The van der Waals surface area contributed by atoms with E-state index in [-0.39, 0.29) is 17.6 Å². The Kier molecular flexibility index (Phi) is 4.58. The summed E-state index contributed by atoms with van der Waals surface area (Å²) in [6.45, 7) is 0. The average Bonchev–Trinajstić information content (AvgIpc) is 2.92. The van der Waals surface area contributed by atoms with Crippen molar-refractivity contribution in [3.05, 3.63) is 53.7 Å². The Morgan fingerprint density at radius 3 is 2.84 bits per heavy atom. The van der Waals surface area contributed by atoms with Gasteiger partial charge in [-0.05, 0) is 36.6 Å². The summed E-state index contributed by atoms with van der Waals surface area (Å²) in [6.07, 6.45) is 3.65. The Bertz CT molecular complexity index is 511. The molecule has 1 unspecified atom stereocenters. The van der Waals surface area contributed by atoms with E-state index in [1.165, 1.54) is 7.11 Å². The predicted octanol–water partition coefficient (Wildman–Crippen LogP) is 2.93. The molecular weight excluding hydrogens is 245 g/mol. The van der Waals surface area contributed by atoms with Gasteiger partial charge in [0.25, 0.3) is 0 Å². The summed E-state index contributed by atoms with van der Waals surface area (Å²) < 4.78 is 24.1. The van der Waals surface area contributed by atoms with Gasteiger partial charge in [-0.25, -0.2) is 4.39 Å². The molecule has 19 heavy (non-hydrogen) atoms. The van der Waals surface area contributed by atoms with Crippen LogP contribution in [0.3, 0.4) is 0 Å². The number of aryl methyl sites for hydroxylation is 1. The lowest BCUT2D eigenvalue weighted by Crippen LogP contribution is -2.24. The van der Waals surface area contributed by atoms with Crippen LogP contribution in [0.15, 0.2) is 41.0 Å². The van der Waals surface area contributed by atoms with Gasteiger partial charge in [0.15, 0.2) is 11.6 Å². The summed E-state index contributed by atoms with van der Waals surface area (Å²) in [4.78, 5) is 0. The third-order valence-corrected chi connectivity index (χ3v) is 3.09. The predicted molar refractivity (Wildman–Crippen MR) is 71.7 cm³/mol. The van der Waals surface area contributed by atoms with Crippen molar-refractivity contribution in [3.8, 4) is 5.75 Å². The van der Waals surface area contributed by atoms with E-state index in [0.29, 0.717) is 12.0 Å². The van der Waals surface area contributed by atoms with E-state index in [9.17, 15) is 4.39 Å². The van der Waals surface area contributed by atoms with E-state index < -0.39 is 0 Å². The summed E-state index contributed by atoms with van der Waals surface area (Å²) in [5.41, 5.74) is 6.62. The molecule has 2 rings (SSSR count). The smallest absolute Gasteiger partial charge is 0.168 e. The van der Waals surface area contributed by atoms with Gasteiger partial charge in [-0.15, -0.1) is 0 Å². The summed E-state index contributed by atoms with van der Waals surface area (Å²) in [6, 6.07) is 8.78. The maximum absolute atomic E-state index is 13.9. The first-order chi connectivity index (χ1) is 9.20. The van der Waals surface area contributed by atoms with Gasteiger partial charge in [0.1, 0.15) is 5.76 Å². The minimum Gasteiger partial charge on any atom is -0.494 e. The van der Waals surface area contributed by atoms with Crippen LogP contribution >= 0.6 is 0 Å². The molecule has 0 bridgehead atoms. The Morgan fingerprint density at radius 1 is 1.32 bits per heavy atom. The average molecular weight is 263 g/mol. The lowest BCUT2D eigenvalue weighted by Gasteiger charge is -2.12. The summed E-state index contributed by atoms with van der Waals surface area (Å²) in [5.74, 6) is 0.843. The van der Waals surface area contributed by atoms with Crippen LogP contribution in [0.25, 0.3) is 0 Å². The zero-order chi connectivity index (χ0) is 13.7. The Balaban J connectivity index is 1.93. The Labute approximate surface area is 112 Å². The van der Waals surface area contributed by atoms with E-state index in [1.54, 1.807) is 24.5 Å². The maximum Gasteiger partial charge on any atom is 0.168 e. The summed E-state index contributed by atoms with van der Waals surface area (Å²) in [7, 11) is 1.46. The number of hydrogen-bond acceptors (Lipinski definition) is 3. The molecule has 2 N–H and O–H groups in total. The van der Waals surface area contributed by atoms with Crippen LogP contribution in [-0.2, 0) is 12.8 Å². The number of rotatable bonds is 6. The molecule has 102 valence electrons. The highest BCUT2D eigenvalue weighted by Crippen LogP contribution is 2.21. The van der Waals surface area contributed by atoms with E-state index in [4.69, 9.17) is 14.9 Å². The van der Waals surface area contributed by atoms with Crippen LogP contribution in [-0.4, -0.2) is 13.2 Å². The number of nitrogens with two attached hydrogens (primary N) is 1. The zero-order valence-corrected chi connectivity index (χ0v) is 10.9. The molecule has 2 aromatic rings. The van der Waals surface area contributed by atoms with Crippen molar-refractivity contribution in [1.82, 2.24) is 0 Å². The van der Waals surface area contributed by atoms with Crippen LogP contribution in [0.5, 0.6) is 5.75 Å². The standard InChI is InChI=1S/C15H18FNO2/c1-18-14-6-2-4-11(15(14)16)10-12(17)7-8-13-5-3-9-19-13/h2-6,9,12H,7-8,10,17H2,1H3. The minimum atomic E-state index is -0.321. The number of ether oxygens (including phenoxy) is 1. The minimum absolute atomic E-state index is 0.105. The van der Waals surface area contributed by atoms with Crippen LogP contribution in [0.1, 0.15) is 17.7 Å². The van der Waals surface area contributed by atoms with E-state index in [2.05, 4.69) is 0 Å². The quantitative estimate of drug-likeness (QED) is 0.871. The lowest BCUT2D eigenvalue weighted by atomic mass is 10.0. The molecule has 1 atom stereocenters. The van der Waals surface area contributed by atoms with Gasteiger partial charge in [0, 0.05) is 12.5 Å². The second-order valence-electron chi connectivity index (χ2n) is 4.52. The maximum atomic E-state index is 13.9. The normalized spacial score (nSPS) is 12.4. The number of halogens is 1. The van der Waals surface area contributed by atoms with Crippen LogP contribution < -0.4 is 10.5 Å². The molecule has 0 spiro atoms. The molecule has 1 heterocycles. The van der Waals surface area contributed by atoms with Gasteiger partial charge < -0.3 is 14.9 Å². The van der Waals surface area contributed by atoms with Crippen molar-refractivity contribution in [2.75, 3.05) is 7.11 Å². The molecule has 0 amide bonds.